The van der Waals surface area contributed by atoms with Crippen LogP contribution in [0.5, 0.6) is 0 Å². The molecule has 0 spiro atoms. The zero-order chi connectivity index (χ0) is 23.3. The van der Waals surface area contributed by atoms with Gasteiger partial charge in [-0.05, 0) is 43.7 Å². The Morgan fingerprint density at radius 2 is 2.18 bits per heavy atom. The number of H-pyrrole nitrogens is 1. The number of rotatable bonds is 5. The van der Waals surface area contributed by atoms with Gasteiger partial charge in [0.2, 0.25) is 0 Å². The normalized spacial score (nSPS) is 16.2. The fourth-order valence-electron chi connectivity index (χ4n) is 4.12. The molecule has 0 saturated carbocycles. The van der Waals surface area contributed by atoms with E-state index in [1.807, 2.05) is 13.0 Å². The van der Waals surface area contributed by atoms with Crippen LogP contribution in [0.2, 0.25) is 5.02 Å². The lowest BCUT2D eigenvalue weighted by atomic mass is 10.1. The quantitative estimate of drug-likeness (QED) is 0.362. The van der Waals surface area contributed by atoms with Crippen LogP contribution in [0.1, 0.15) is 35.1 Å². The van der Waals surface area contributed by atoms with Crippen molar-refractivity contribution in [2.24, 2.45) is 5.73 Å². The number of nitrogens with zero attached hydrogens (tertiary/aromatic N) is 5. The van der Waals surface area contributed by atoms with Gasteiger partial charge in [0, 0.05) is 41.6 Å². The monoisotopic (exact) mass is 483 g/mol. The first-order valence-electron chi connectivity index (χ1n) is 10.6. The minimum atomic E-state index is -1.03. The lowest BCUT2D eigenvalue weighted by Crippen LogP contribution is -2.27. The number of halogens is 1. The van der Waals surface area contributed by atoms with E-state index in [9.17, 15) is 9.90 Å². The number of aromatic amines is 1. The Morgan fingerprint density at radius 3 is 2.88 bits per heavy atom. The largest absolute Gasteiger partial charge is 0.478 e. The third kappa shape index (κ3) is 3.98. The average molecular weight is 484 g/mol. The lowest BCUT2D eigenvalue weighted by Gasteiger charge is -2.18. The molecule has 1 fully saturated rings. The van der Waals surface area contributed by atoms with E-state index in [0.717, 1.165) is 41.2 Å². The highest BCUT2D eigenvalue weighted by Gasteiger charge is 2.26. The van der Waals surface area contributed by atoms with E-state index in [2.05, 4.69) is 19.9 Å². The van der Waals surface area contributed by atoms with Crippen LogP contribution in [0.15, 0.2) is 28.4 Å². The van der Waals surface area contributed by atoms with E-state index in [0.29, 0.717) is 39.1 Å². The van der Waals surface area contributed by atoms with Crippen molar-refractivity contribution in [3.8, 4) is 0 Å². The van der Waals surface area contributed by atoms with Gasteiger partial charge in [-0.25, -0.2) is 14.8 Å². The smallest absolute Gasteiger partial charge is 0.338 e. The number of hydrogen-bond acceptors (Lipinski definition) is 8. The second-order valence-corrected chi connectivity index (χ2v) is 9.50. The van der Waals surface area contributed by atoms with Gasteiger partial charge in [-0.15, -0.1) is 0 Å². The molecule has 33 heavy (non-hydrogen) atoms. The van der Waals surface area contributed by atoms with E-state index in [1.165, 1.54) is 17.8 Å². The zero-order valence-electron chi connectivity index (χ0n) is 18.1. The standard InChI is InChI=1S/C22H22ClN7O2S/c1-3-14-17(23)16-19(27-14)28-22(29-20(16)30-5-4-11(24)9-30)33-12-7-15-18(25-8-12)13(21(31)32)6-10(2)26-15/h6-8,11H,3-5,9,24H2,1-2H3,(H,31,32)(H,27,28,29)/t11-/m0/s1. The number of nitrogens with two attached hydrogens (primary N) is 1. The van der Waals surface area contributed by atoms with E-state index in [4.69, 9.17) is 27.3 Å². The molecule has 5 rings (SSSR count). The van der Waals surface area contributed by atoms with Crippen LogP contribution < -0.4 is 10.6 Å². The number of aromatic carboxylic acids is 1. The van der Waals surface area contributed by atoms with Crippen LogP contribution in [-0.2, 0) is 6.42 Å². The molecule has 170 valence electrons. The van der Waals surface area contributed by atoms with Crippen LogP contribution in [0, 0.1) is 6.92 Å². The van der Waals surface area contributed by atoms with Crippen molar-refractivity contribution < 1.29 is 9.90 Å². The maximum absolute atomic E-state index is 11.6. The number of hydrogen-bond donors (Lipinski definition) is 3. The minimum Gasteiger partial charge on any atom is -0.478 e. The molecule has 9 nitrogen and oxygen atoms in total. The maximum Gasteiger partial charge on any atom is 0.338 e. The Hall–Kier alpha value is -2.95. The Bertz CT molecular complexity index is 1410. The molecule has 1 saturated heterocycles. The topological polar surface area (TPSA) is 134 Å². The maximum atomic E-state index is 11.6. The lowest BCUT2D eigenvalue weighted by molar-refractivity contribution is 0.0698. The van der Waals surface area contributed by atoms with Gasteiger partial charge in [-0.2, -0.15) is 0 Å². The van der Waals surface area contributed by atoms with Crippen molar-refractivity contribution in [3.63, 3.8) is 0 Å². The Kier molecular flexibility index (Phi) is 5.59. The van der Waals surface area contributed by atoms with Crippen molar-refractivity contribution in [1.82, 2.24) is 24.9 Å². The number of aromatic nitrogens is 5. The Labute approximate surface area is 198 Å². The van der Waals surface area contributed by atoms with Crippen molar-refractivity contribution >= 4 is 57.2 Å². The second kappa shape index (κ2) is 8.44. The predicted octanol–water partition coefficient (Wildman–Crippen LogP) is 3.81. The van der Waals surface area contributed by atoms with Gasteiger partial charge in [-0.3, -0.25) is 9.97 Å². The first kappa shape index (κ1) is 21.9. The summed E-state index contributed by atoms with van der Waals surface area (Å²) in [5.74, 6) is -0.261. The van der Waals surface area contributed by atoms with Crippen LogP contribution in [0.3, 0.4) is 0 Å². The Balaban J connectivity index is 1.59. The van der Waals surface area contributed by atoms with Gasteiger partial charge in [0.05, 0.1) is 21.5 Å². The molecule has 11 heteroatoms. The Morgan fingerprint density at radius 1 is 1.36 bits per heavy atom. The van der Waals surface area contributed by atoms with Crippen molar-refractivity contribution in [2.45, 2.75) is 42.8 Å². The summed E-state index contributed by atoms with van der Waals surface area (Å²) in [7, 11) is 0. The van der Waals surface area contributed by atoms with Crippen LogP contribution in [0.25, 0.3) is 22.1 Å². The van der Waals surface area contributed by atoms with Gasteiger partial charge in [0.15, 0.2) is 5.16 Å². The number of aryl methyl sites for hydroxylation is 2. The molecular formula is C22H22ClN7O2S. The molecule has 0 radical (unpaired) electrons. The SMILES string of the molecule is CCc1[nH]c2nc(Sc3cnc4c(C(=O)O)cc(C)nc4c3)nc(N3CC[C@H](N)C3)c2c1Cl. The number of fused-ring (bicyclic) bond motifs is 2. The molecule has 0 aromatic carbocycles. The van der Waals surface area contributed by atoms with Gasteiger partial charge >= 0.3 is 5.97 Å². The summed E-state index contributed by atoms with van der Waals surface area (Å²) in [5.41, 5.74) is 9.36. The van der Waals surface area contributed by atoms with E-state index < -0.39 is 5.97 Å². The summed E-state index contributed by atoms with van der Waals surface area (Å²) in [6, 6.07) is 3.43. The molecule has 0 bridgehead atoms. The minimum absolute atomic E-state index is 0.0944. The highest BCUT2D eigenvalue weighted by atomic mass is 35.5. The fraction of sp³-hybridized carbons (Fsp3) is 0.318. The number of nitrogens with one attached hydrogen (secondary N) is 1. The molecule has 4 aromatic rings. The first-order chi connectivity index (χ1) is 15.8. The molecule has 4 N–H and O–H groups in total. The van der Waals surface area contributed by atoms with Crippen molar-refractivity contribution in [1.29, 1.82) is 0 Å². The highest BCUT2D eigenvalue weighted by Crippen LogP contribution is 2.37. The van der Waals surface area contributed by atoms with Gasteiger partial charge < -0.3 is 20.7 Å². The van der Waals surface area contributed by atoms with E-state index >= 15 is 0 Å². The van der Waals surface area contributed by atoms with E-state index in [-0.39, 0.29) is 11.6 Å². The second-order valence-electron chi connectivity index (χ2n) is 8.08. The molecule has 1 atom stereocenters. The van der Waals surface area contributed by atoms with Gasteiger partial charge in [0.1, 0.15) is 17.0 Å². The number of carbonyl (C=O) groups is 1. The van der Waals surface area contributed by atoms with Crippen molar-refractivity contribution in [3.05, 3.63) is 40.3 Å². The highest BCUT2D eigenvalue weighted by molar-refractivity contribution is 7.99. The summed E-state index contributed by atoms with van der Waals surface area (Å²) in [5, 5.41) is 11.5. The molecule has 0 unspecified atom stereocenters. The summed E-state index contributed by atoms with van der Waals surface area (Å²) in [6.45, 7) is 5.30. The number of carboxylic acid groups (broad SMARTS) is 1. The molecule has 4 aromatic heterocycles. The fourth-order valence-corrected chi connectivity index (χ4v) is 5.23. The van der Waals surface area contributed by atoms with Gasteiger partial charge in [-0.1, -0.05) is 18.5 Å². The third-order valence-corrected chi connectivity index (χ3v) is 6.93. The molecule has 0 aliphatic carbocycles. The molecule has 1 aliphatic rings. The van der Waals surface area contributed by atoms with Crippen LogP contribution in [0.4, 0.5) is 5.82 Å². The average Bonchev–Trinajstić information content (AvgIpc) is 3.35. The molecule has 0 amide bonds. The summed E-state index contributed by atoms with van der Waals surface area (Å²) in [4.78, 5) is 36.2. The van der Waals surface area contributed by atoms with Crippen LogP contribution >= 0.6 is 23.4 Å². The third-order valence-electron chi connectivity index (χ3n) is 5.69. The first-order valence-corrected chi connectivity index (χ1v) is 11.8. The summed E-state index contributed by atoms with van der Waals surface area (Å²) < 4.78 is 0. The van der Waals surface area contributed by atoms with Gasteiger partial charge in [0.25, 0.3) is 0 Å². The zero-order valence-corrected chi connectivity index (χ0v) is 19.7. The molecule has 1 aliphatic heterocycles. The number of pyridine rings is 2. The number of carboxylic acids is 1. The molecular weight excluding hydrogens is 462 g/mol. The molecule has 5 heterocycles. The van der Waals surface area contributed by atoms with Crippen LogP contribution in [-0.4, -0.2) is 55.1 Å². The number of anilines is 1. The summed E-state index contributed by atoms with van der Waals surface area (Å²) in [6.07, 6.45) is 3.26. The van der Waals surface area contributed by atoms with Crippen molar-refractivity contribution in [2.75, 3.05) is 18.0 Å². The predicted molar refractivity (Wildman–Crippen MR) is 128 cm³/mol. The van der Waals surface area contributed by atoms with E-state index in [1.54, 1.807) is 13.1 Å². The summed E-state index contributed by atoms with van der Waals surface area (Å²) >= 11 is 8.01.